The van der Waals surface area contributed by atoms with Crippen molar-refractivity contribution in [1.82, 2.24) is 14.7 Å². The van der Waals surface area contributed by atoms with Crippen LogP contribution in [0.2, 0.25) is 0 Å². The second-order valence-corrected chi connectivity index (χ2v) is 7.01. The zero-order chi connectivity index (χ0) is 17.1. The van der Waals surface area contributed by atoms with Gasteiger partial charge in [-0.1, -0.05) is 0 Å². The third-order valence-electron chi connectivity index (χ3n) is 5.27. The van der Waals surface area contributed by atoms with Crippen molar-refractivity contribution in [3.63, 3.8) is 0 Å². The fourth-order valence-corrected chi connectivity index (χ4v) is 3.86. The molecule has 0 bridgehead atoms. The zero-order valence-electron chi connectivity index (χ0n) is 14.6. The Morgan fingerprint density at radius 3 is 2.38 bits per heavy atom. The first-order chi connectivity index (χ1) is 11.6. The van der Waals surface area contributed by atoms with E-state index in [2.05, 4.69) is 23.6 Å². The highest BCUT2D eigenvalue weighted by Crippen LogP contribution is 2.22. The van der Waals surface area contributed by atoms with Gasteiger partial charge in [-0.25, -0.2) is 0 Å². The molecule has 1 aromatic rings. The fraction of sp³-hybridized carbons (Fsp3) is 0.667. The standard InChI is InChI=1S/C18H27N3O3/c1-14-4-3-5-15(2)21(14)17(22)12-19-7-9-20(10-8-19)18(23)16-6-11-24-13-16/h6,11,13-15H,3-5,7-10,12H2,1-2H3. The zero-order valence-corrected chi connectivity index (χ0v) is 14.6. The van der Waals surface area contributed by atoms with E-state index in [1.807, 2.05) is 4.90 Å². The van der Waals surface area contributed by atoms with E-state index in [-0.39, 0.29) is 11.8 Å². The van der Waals surface area contributed by atoms with Crippen molar-refractivity contribution in [3.05, 3.63) is 24.2 Å². The summed E-state index contributed by atoms with van der Waals surface area (Å²) in [4.78, 5) is 31.0. The normalized spacial score (nSPS) is 25.8. The van der Waals surface area contributed by atoms with Crippen LogP contribution in [0.1, 0.15) is 43.5 Å². The third-order valence-corrected chi connectivity index (χ3v) is 5.27. The van der Waals surface area contributed by atoms with E-state index in [1.165, 1.54) is 18.9 Å². The predicted molar refractivity (Wildman–Crippen MR) is 90.7 cm³/mol. The number of rotatable bonds is 3. The number of furan rings is 1. The largest absolute Gasteiger partial charge is 0.472 e. The summed E-state index contributed by atoms with van der Waals surface area (Å²) in [6.07, 6.45) is 6.41. The highest BCUT2D eigenvalue weighted by atomic mass is 16.3. The van der Waals surface area contributed by atoms with Gasteiger partial charge in [-0.05, 0) is 39.2 Å². The van der Waals surface area contributed by atoms with Crippen molar-refractivity contribution in [2.24, 2.45) is 0 Å². The van der Waals surface area contributed by atoms with Gasteiger partial charge in [0, 0.05) is 38.3 Å². The summed E-state index contributed by atoms with van der Waals surface area (Å²) in [6.45, 7) is 7.55. The van der Waals surface area contributed by atoms with Gasteiger partial charge in [0.2, 0.25) is 5.91 Å². The average Bonchev–Trinajstić information content (AvgIpc) is 3.09. The molecule has 0 radical (unpaired) electrons. The number of hydrogen-bond acceptors (Lipinski definition) is 4. The lowest BCUT2D eigenvalue weighted by Crippen LogP contribution is -2.54. The molecule has 6 nitrogen and oxygen atoms in total. The highest BCUT2D eigenvalue weighted by Gasteiger charge is 2.31. The summed E-state index contributed by atoms with van der Waals surface area (Å²) < 4.78 is 4.98. The van der Waals surface area contributed by atoms with Crippen molar-refractivity contribution in [2.75, 3.05) is 32.7 Å². The molecule has 3 heterocycles. The number of carbonyl (C=O) groups is 2. The van der Waals surface area contributed by atoms with Crippen LogP contribution in [-0.4, -0.2) is 71.3 Å². The molecule has 1 aromatic heterocycles. The molecule has 0 N–H and O–H groups in total. The Balaban J connectivity index is 1.50. The first-order valence-electron chi connectivity index (χ1n) is 8.91. The van der Waals surface area contributed by atoms with Crippen molar-refractivity contribution in [1.29, 1.82) is 0 Å². The van der Waals surface area contributed by atoms with Gasteiger partial charge in [-0.3, -0.25) is 14.5 Å². The summed E-state index contributed by atoms with van der Waals surface area (Å²) in [6, 6.07) is 2.37. The summed E-state index contributed by atoms with van der Waals surface area (Å²) in [5, 5.41) is 0. The molecule has 2 unspecified atom stereocenters. The van der Waals surface area contributed by atoms with Crippen LogP contribution in [0.25, 0.3) is 0 Å². The van der Waals surface area contributed by atoms with Crippen LogP contribution in [0.15, 0.2) is 23.0 Å². The van der Waals surface area contributed by atoms with Gasteiger partial charge < -0.3 is 14.2 Å². The molecule has 132 valence electrons. The molecule has 3 rings (SSSR count). The predicted octanol–water partition coefficient (Wildman–Crippen LogP) is 1.83. The lowest BCUT2D eigenvalue weighted by atomic mass is 9.97. The number of likely N-dealkylation sites (tertiary alicyclic amines) is 1. The number of hydrogen-bond donors (Lipinski definition) is 0. The van der Waals surface area contributed by atoms with Gasteiger partial charge in [0.1, 0.15) is 6.26 Å². The fourth-order valence-electron chi connectivity index (χ4n) is 3.86. The minimum atomic E-state index is 0.00741. The van der Waals surface area contributed by atoms with Crippen LogP contribution in [0.5, 0.6) is 0 Å². The molecule has 0 aromatic carbocycles. The van der Waals surface area contributed by atoms with Crippen molar-refractivity contribution >= 4 is 11.8 Å². The van der Waals surface area contributed by atoms with Crippen molar-refractivity contribution in [3.8, 4) is 0 Å². The third kappa shape index (κ3) is 3.64. The van der Waals surface area contributed by atoms with Gasteiger partial charge >= 0.3 is 0 Å². The molecule has 0 spiro atoms. The Morgan fingerprint density at radius 1 is 1.12 bits per heavy atom. The number of piperidine rings is 1. The highest BCUT2D eigenvalue weighted by molar-refractivity contribution is 5.93. The maximum Gasteiger partial charge on any atom is 0.257 e. The number of piperazine rings is 1. The smallest absolute Gasteiger partial charge is 0.257 e. The van der Waals surface area contributed by atoms with Crippen LogP contribution in [-0.2, 0) is 4.79 Å². The Labute approximate surface area is 143 Å². The molecule has 0 saturated carbocycles. The minimum Gasteiger partial charge on any atom is -0.472 e. The molecule has 6 heteroatoms. The van der Waals surface area contributed by atoms with Gasteiger partial charge in [-0.2, -0.15) is 0 Å². The molecule has 0 aliphatic carbocycles. The number of amides is 2. The maximum absolute atomic E-state index is 12.7. The Kier molecular flexibility index (Phi) is 5.23. The van der Waals surface area contributed by atoms with Crippen molar-refractivity contribution in [2.45, 2.75) is 45.2 Å². The lowest BCUT2D eigenvalue weighted by Gasteiger charge is -2.41. The number of carbonyl (C=O) groups excluding carboxylic acids is 2. The van der Waals surface area contributed by atoms with Gasteiger partial charge in [0.25, 0.3) is 5.91 Å². The number of nitrogens with zero attached hydrogens (tertiary/aromatic N) is 3. The van der Waals surface area contributed by atoms with E-state index in [9.17, 15) is 9.59 Å². The average molecular weight is 333 g/mol. The summed E-state index contributed by atoms with van der Waals surface area (Å²) in [5.74, 6) is 0.234. The molecule has 24 heavy (non-hydrogen) atoms. The lowest BCUT2D eigenvalue weighted by molar-refractivity contribution is -0.138. The van der Waals surface area contributed by atoms with Crippen LogP contribution in [0.3, 0.4) is 0 Å². The summed E-state index contributed by atoms with van der Waals surface area (Å²) in [5.41, 5.74) is 0.593. The van der Waals surface area contributed by atoms with Gasteiger partial charge in [0.15, 0.2) is 0 Å². The molecule has 2 amide bonds. The molecule has 2 atom stereocenters. The second kappa shape index (κ2) is 7.38. The molecular formula is C18H27N3O3. The van der Waals surface area contributed by atoms with Crippen LogP contribution in [0, 0.1) is 0 Å². The summed E-state index contributed by atoms with van der Waals surface area (Å²) >= 11 is 0. The van der Waals surface area contributed by atoms with E-state index in [4.69, 9.17) is 4.42 Å². The van der Waals surface area contributed by atoms with E-state index >= 15 is 0 Å². The van der Waals surface area contributed by atoms with Gasteiger partial charge in [-0.15, -0.1) is 0 Å². The molecule has 2 fully saturated rings. The maximum atomic E-state index is 12.7. The van der Waals surface area contributed by atoms with Crippen LogP contribution in [0.4, 0.5) is 0 Å². The van der Waals surface area contributed by atoms with Crippen LogP contribution >= 0.6 is 0 Å². The Morgan fingerprint density at radius 2 is 1.79 bits per heavy atom. The molecule has 2 aliphatic rings. The van der Waals surface area contributed by atoms with E-state index in [1.54, 1.807) is 6.07 Å². The SMILES string of the molecule is CC1CCCC(C)N1C(=O)CN1CCN(C(=O)c2ccoc2)CC1. The molecule has 2 saturated heterocycles. The molecule has 2 aliphatic heterocycles. The van der Waals surface area contributed by atoms with Crippen LogP contribution < -0.4 is 0 Å². The van der Waals surface area contributed by atoms with E-state index in [0.717, 1.165) is 25.9 Å². The second-order valence-electron chi connectivity index (χ2n) is 7.01. The molecular weight excluding hydrogens is 306 g/mol. The van der Waals surface area contributed by atoms with Gasteiger partial charge in [0.05, 0.1) is 18.4 Å². The van der Waals surface area contributed by atoms with E-state index in [0.29, 0.717) is 37.3 Å². The summed E-state index contributed by atoms with van der Waals surface area (Å²) in [7, 11) is 0. The van der Waals surface area contributed by atoms with Crippen molar-refractivity contribution < 1.29 is 14.0 Å². The monoisotopic (exact) mass is 333 g/mol. The quantitative estimate of drug-likeness (QED) is 0.847. The first kappa shape index (κ1) is 17.0. The Hall–Kier alpha value is -1.82. The minimum absolute atomic E-state index is 0.00741. The first-order valence-corrected chi connectivity index (χ1v) is 8.91. The van der Waals surface area contributed by atoms with E-state index < -0.39 is 0 Å². The Bertz CT molecular complexity index is 554. The topological polar surface area (TPSA) is 57.0 Å².